The van der Waals surface area contributed by atoms with Crippen molar-refractivity contribution >= 4 is 24.3 Å². The smallest absolute Gasteiger partial charge is 0.367 e. The molecule has 8 heteroatoms. The van der Waals surface area contributed by atoms with Gasteiger partial charge >= 0.3 is 15.6 Å². The Morgan fingerprint density at radius 3 is 2.18 bits per heavy atom. The zero-order valence-electron chi connectivity index (χ0n) is 12.2. The van der Waals surface area contributed by atoms with Crippen molar-refractivity contribution in [2.75, 3.05) is 0 Å². The van der Waals surface area contributed by atoms with Crippen LogP contribution in [-0.2, 0) is 14.3 Å². The van der Waals surface area contributed by atoms with Gasteiger partial charge in [-0.1, -0.05) is 50.0 Å². The van der Waals surface area contributed by atoms with Crippen LogP contribution < -0.4 is 0 Å². The molecule has 120 valence electrons. The molecule has 0 amide bonds. The fraction of sp³-hybridized carbons (Fsp3) is 0.286. The first-order chi connectivity index (χ1) is 9.91. The number of benzene rings is 1. The molecule has 0 spiro atoms. The van der Waals surface area contributed by atoms with Crippen LogP contribution in [0.4, 0.5) is 13.2 Å². The van der Waals surface area contributed by atoms with Gasteiger partial charge in [-0.3, -0.25) is 0 Å². The summed E-state index contributed by atoms with van der Waals surface area (Å²) in [7, 11) is -7.66. The summed E-state index contributed by atoms with van der Waals surface area (Å²) in [6.45, 7) is 5.62. The maximum Gasteiger partial charge on any atom is 0.534 e. The standard InChI is InChI=1S/C14H15F3O3SSi/c1-22(2,3)10-9-13(11-12-7-5-4-6-8-12)20-21(18,19)14(15,16)17/h4-8,11H,1-3H3/b13-11-. The number of rotatable bonds is 3. The highest BCUT2D eigenvalue weighted by atomic mass is 32.2. The summed E-state index contributed by atoms with van der Waals surface area (Å²) in [5.41, 5.74) is -2.23. The lowest BCUT2D eigenvalue weighted by Gasteiger charge is -2.10. The lowest BCUT2D eigenvalue weighted by molar-refractivity contribution is -0.0518. The maximum atomic E-state index is 12.4. The van der Waals surface area contributed by atoms with E-state index in [2.05, 4.69) is 15.6 Å². The summed E-state index contributed by atoms with van der Waals surface area (Å²) >= 11 is 0. The van der Waals surface area contributed by atoms with Crippen LogP contribution >= 0.6 is 0 Å². The number of halogens is 3. The number of hydrogen-bond acceptors (Lipinski definition) is 3. The van der Waals surface area contributed by atoms with Gasteiger partial charge in [-0.05, 0) is 17.6 Å². The Balaban J connectivity index is 3.24. The SMILES string of the molecule is C[Si](C)(C)C#C/C(=C/c1ccccc1)OS(=O)(=O)C(F)(F)F. The first-order valence-electron chi connectivity index (χ1n) is 6.21. The molecule has 0 aromatic heterocycles. The maximum absolute atomic E-state index is 12.4. The molecular weight excluding hydrogens is 333 g/mol. The fourth-order valence-electron chi connectivity index (χ4n) is 1.20. The molecule has 0 fully saturated rings. The van der Waals surface area contributed by atoms with Gasteiger partial charge in [0.15, 0.2) is 5.76 Å². The quantitative estimate of drug-likeness (QED) is 0.275. The second-order valence-corrected chi connectivity index (χ2v) is 11.7. The van der Waals surface area contributed by atoms with Crippen LogP contribution in [0, 0.1) is 11.5 Å². The molecule has 0 radical (unpaired) electrons. The third-order valence-corrected chi connectivity index (χ3v) is 3.98. The van der Waals surface area contributed by atoms with Crippen LogP contribution in [0.25, 0.3) is 6.08 Å². The minimum absolute atomic E-state index is 0.486. The van der Waals surface area contributed by atoms with Crippen LogP contribution in [0.1, 0.15) is 5.56 Å². The van der Waals surface area contributed by atoms with Crippen molar-refractivity contribution in [2.45, 2.75) is 25.1 Å². The van der Waals surface area contributed by atoms with Gasteiger partial charge in [0, 0.05) is 0 Å². The Labute approximate surface area is 128 Å². The summed E-state index contributed by atoms with van der Waals surface area (Å²) in [6.07, 6.45) is 1.16. The summed E-state index contributed by atoms with van der Waals surface area (Å²) in [6, 6.07) is 8.24. The Morgan fingerprint density at radius 2 is 1.73 bits per heavy atom. The molecule has 0 aliphatic rings. The van der Waals surface area contributed by atoms with E-state index in [9.17, 15) is 21.6 Å². The van der Waals surface area contributed by atoms with E-state index in [1.807, 2.05) is 19.6 Å². The molecule has 0 N–H and O–H groups in total. The van der Waals surface area contributed by atoms with Gasteiger partial charge in [0.25, 0.3) is 0 Å². The van der Waals surface area contributed by atoms with Gasteiger partial charge in [0.1, 0.15) is 8.07 Å². The van der Waals surface area contributed by atoms with Gasteiger partial charge < -0.3 is 4.18 Å². The van der Waals surface area contributed by atoms with Crippen molar-refractivity contribution in [3.05, 3.63) is 41.7 Å². The Bertz CT molecular complexity index is 706. The van der Waals surface area contributed by atoms with E-state index in [4.69, 9.17) is 0 Å². The molecule has 0 unspecified atom stereocenters. The lowest BCUT2D eigenvalue weighted by atomic mass is 10.2. The van der Waals surface area contributed by atoms with Crippen molar-refractivity contribution in [2.24, 2.45) is 0 Å². The summed E-state index contributed by atoms with van der Waals surface area (Å²) in [5, 5.41) is 0. The molecule has 3 nitrogen and oxygen atoms in total. The van der Waals surface area contributed by atoms with Crippen molar-refractivity contribution < 1.29 is 25.8 Å². The lowest BCUT2D eigenvalue weighted by Crippen LogP contribution is -2.25. The van der Waals surface area contributed by atoms with E-state index in [1.165, 1.54) is 0 Å². The predicted molar refractivity (Wildman–Crippen MR) is 81.6 cm³/mol. The molecule has 1 aromatic rings. The molecular formula is C14H15F3O3SSi. The molecule has 0 atom stereocenters. The van der Waals surface area contributed by atoms with Gasteiger partial charge in [-0.2, -0.15) is 21.6 Å². The summed E-state index contributed by atoms with van der Waals surface area (Å²) < 4.78 is 63.7. The van der Waals surface area contributed by atoms with Crippen LogP contribution in [0.3, 0.4) is 0 Å². The van der Waals surface area contributed by atoms with Crippen LogP contribution in [0.5, 0.6) is 0 Å². The summed E-state index contributed by atoms with van der Waals surface area (Å²) in [4.78, 5) is 0. The average Bonchev–Trinajstić information content (AvgIpc) is 2.34. The van der Waals surface area contributed by atoms with E-state index >= 15 is 0 Å². The van der Waals surface area contributed by atoms with Crippen molar-refractivity contribution in [1.82, 2.24) is 0 Å². The molecule has 0 saturated heterocycles. The Kier molecular flexibility index (Phi) is 5.48. The third-order valence-electron chi connectivity index (χ3n) is 2.14. The Morgan fingerprint density at radius 1 is 1.18 bits per heavy atom. The highest BCUT2D eigenvalue weighted by Gasteiger charge is 2.48. The van der Waals surface area contributed by atoms with Gasteiger partial charge in [-0.15, -0.1) is 5.54 Å². The average molecular weight is 348 g/mol. The molecule has 22 heavy (non-hydrogen) atoms. The third kappa shape index (κ3) is 5.95. The van der Waals surface area contributed by atoms with E-state index in [1.54, 1.807) is 30.3 Å². The fourth-order valence-corrected chi connectivity index (χ4v) is 2.12. The molecule has 0 heterocycles. The van der Waals surface area contributed by atoms with Crippen LogP contribution in [0.15, 0.2) is 36.1 Å². The minimum Gasteiger partial charge on any atom is -0.367 e. The zero-order chi connectivity index (χ0) is 17.0. The predicted octanol–water partition coefficient (Wildman–Crippen LogP) is 3.77. The molecule has 0 saturated carbocycles. The second-order valence-electron chi connectivity index (χ2n) is 5.40. The topological polar surface area (TPSA) is 43.4 Å². The van der Waals surface area contributed by atoms with Crippen molar-refractivity contribution in [1.29, 1.82) is 0 Å². The zero-order valence-corrected chi connectivity index (χ0v) is 14.0. The second kappa shape index (κ2) is 6.58. The molecule has 1 rings (SSSR count). The molecule has 1 aromatic carbocycles. The largest absolute Gasteiger partial charge is 0.534 e. The van der Waals surface area contributed by atoms with Gasteiger partial charge in [0.2, 0.25) is 0 Å². The van der Waals surface area contributed by atoms with Gasteiger partial charge in [0.05, 0.1) is 0 Å². The van der Waals surface area contributed by atoms with E-state index in [0.717, 1.165) is 6.08 Å². The number of allylic oxidation sites excluding steroid dienone is 1. The molecule has 0 bridgehead atoms. The highest BCUT2D eigenvalue weighted by molar-refractivity contribution is 7.87. The first-order valence-corrected chi connectivity index (χ1v) is 11.1. The van der Waals surface area contributed by atoms with E-state index in [0.29, 0.717) is 5.56 Å². The van der Waals surface area contributed by atoms with Gasteiger partial charge in [-0.25, -0.2) is 0 Å². The first kappa shape index (κ1) is 18.3. The van der Waals surface area contributed by atoms with Crippen LogP contribution in [0.2, 0.25) is 19.6 Å². The van der Waals surface area contributed by atoms with E-state index < -0.39 is 29.5 Å². The van der Waals surface area contributed by atoms with Crippen LogP contribution in [-0.4, -0.2) is 22.0 Å². The monoisotopic (exact) mass is 348 g/mol. The van der Waals surface area contributed by atoms with Crippen molar-refractivity contribution in [3.63, 3.8) is 0 Å². The Hall–Kier alpha value is -1.72. The summed E-state index contributed by atoms with van der Waals surface area (Å²) in [5.74, 6) is 1.86. The molecule has 0 aliphatic heterocycles. The number of alkyl halides is 3. The minimum atomic E-state index is -5.74. The van der Waals surface area contributed by atoms with E-state index in [-0.39, 0.29) is 0 Å². The normalized spacial score (nSPS) is 13.3. The number of hydrogen-bond donors (Lipinski definition) is 0. The van der Waals surface area contributed by atoms with Crippen molar-refractivity contribution in [3.8, 4) is 11.5 Å². The highest BCUT2D eigenvalue weighted by Crippen LogP contribution is 2.27. The molecule has 0 aliphatic carbocycles.